The Morgan fingerprint density at radius 2 is 2.37 bits per heavy atom. The van der Waals surface area contributed by atoms with Crippen molar-refractivity contribution in [3.8, 4) is 0 Å². The highest BCUT2D eigenvalue weighted by Crippen LogP contribution is 2.28. The van der Waals surface area contributed by atoms with Crippen molar-refractivity contribution in [3.05, 3.63) is 15.8 Å². The van der Waals surface area contributed by atoms with Gasteiger partial charge in [-0.05, 0) is 17.9 Å². The number of nitrogens with one attached hydrogen (secondary N) is 2. The van der Waals surface area contributed by atoms with Gasteiger partial charge in [0.05, 0.1) is 19.4 Å². The SMILES string of the molecule is COC(=O)c1scc(C)c1NC(=O)C1CNCCO1. The third-order valence-corrected chi connectivity index (χ3v) is 3.89. The van der Waals surface area contributed by atoms with E-state index in [1.165, 1.54) is 18.4 Å². The molecule has 1 unspecified atom stereocenters. The second-order valence-corrected chi connectivity index (χ2v) is 5.05. The van der Waals surface area contributed by atoms with Crippen molar-refractivity contribution in [2.45, 2.75) is 13.0 Å². The molecule has 7 heteroatoms. The molecule has 0 saturated carbocycles. The van der Waals surface area contributed by atoms with E-state index in [0.29, 0.717) is 23.7 Å². The molecular weight excluding hydrogens is 268 g/mol. The number of carbonyl (C=O) groups excluding carboxylic acids is 2. The van der Waals surface area contributed by atoms with Crippen LogP contribution < -0.4 is 10.6 Å². The van der Waals surface area contributed by atoms with E-state index < -0.39 is 12.1 Å². The van der Waals surface area contributed by atoms with Gasteiger partial charge < -0.3 is 20.1 Å². The summed E-state index contributed by atoms with van der Waals surface area (Å²) < 4.78 is 10.1. The number of amides is 1. The van der Waals surface area contributed by atoms with Crippen LogP contribution in [0.3, 0.4) is 0 Å². The van der Waals surface area contributed by atoms with Crippen molar-refractivity contribution in [3.63, 3.8) is 0 Å². The maximum atomic E-state index is 12.1. The number of hydrogen-bond donors (Lipinski definition) is 2. The zero-order chi connectivity index (χ0) is 13.8. The minimum atomic E-state index is -0.529. The summed E-state index contributed by atoms with van der Waals surface area (Å²) in [5, 5.41) is 7.64. The largest absolute Gasteiger partial charge is 0.465 e. The van der Waals surface area contributed by atoms with Crippen LogP contribution >= 0.6 is 11.3 Å². The normalized spacial score (nSPS) is 18.9. The zero-order valence-corrected chi connectivity index (χ0v) is 11.6. The van der Waals surface area contributed by atoms with Crippen LogP contribution in [0.25, 0.3) is 0 Å². The number of carbonyl (C=O) groups is 2. The molecule has 2 heterocycles. The van der Waals surface area contributed by atoms with Gasteiger partial charge in [-0.15, -0.1) is 11.3 Å². The summed E-state index contributed by atoms with van der Waals surface area (Å²) in [5.74, 6) is -0.699. The first-order chi connectivity index (χ1) is 9.13. The average molecular weight is 284 g/mol. The predicted octanol–water partition coefficient (Wildman–Crippen LogP) is 0.770. The van der Waals surface area contributed by atoms with Gasteiger partial charge in [-0.1, -0.05) is 0 Å². The van der Waals surface area contributed by atoms with E-state index >= 15 is 0 Å². The first-order valence-electron chi connectivity index (χ1n) is 5.93. The van der Waals surface area contributed by atoms with Crippen molar-refractivity contribution in [2.24, 2.45) is 0 Å². The lowest BCUT2D eigenvalue weighted by atomic mass is 10.2. The third kappa shape index (κ3) is 3.12. The maximum Gasteiger partial charge on any atom is 0.350 e. The summed E-state index contributed by atoms with van der Waals surface area (Å²) in [4.78, 5) is 24.1. The minimum Gasteiger partial charge on any atom is -0.465 e. The number of methoxy groups -OCH3 is 1. The molecule has 1 aromatic heterocycles. The van der Waals surface area contributed by atoms with E-state index in [-0.39, 0.29) is 5.91 Å². The molecule has 0 spiro atoms. The number of ether oxygens (including phenoxy) is 2. The van der Waals surface area contributed by atoms with E-state index in [2.05, 4.69) is 10.6 Å². The van der Waals surface area contributed by atoms with E-state index in [1.54, 1.807) is 0 Å². The Labute approximate surface area is 115 Å². The predicted molar refractivity (Wildman–Crippen MR) is 71.6 cm³/mol. The summed E-state index contributed by atoms with van der Waals surface area (Å²) in [7, 11) is 1.32. The molecule has 1 amide bonds. The average Bonchev–Trinajstić information content (AvgIpc) is 2.80. The quantitative estimate of drug-likeness (QED) is 0.802. The zero-order valence-electron chi connectivity index (χ0n) is 10.8. The van der Waals surface area contributed by atoms with Gasteiger partial charge >= 0.3 is 5.97 Å². The number of thiophene rings is 1. The Morgan fingerprint density at radius 3 is 3.00 bits per heavy atom. The van der Waals surface area contributed by atoms with Gasteiger partial charge in [0.1, 0.15) is 11.0 Å². The second-order valence-electron chi connectivity index (χ2n) is 4.17. The summed E-state index contributed by atoms with van der Waals surface area (Å²) in [6, 6.07) is 0. The van der Waals surface area contributed by atoms with Crippen LogP contribution in [0.5, 0.6) is 0 Å². The smallest absolute Gasteiger partial charge is 0.350 e. The Hall–Kier alpha value is -1.44. The van der Waals surface area contributed by atoms with Crippen LogP contribution in [0, 0.1) is 6.92 Å². The molecule has 1 aromatic rings. The Kier molecular flexibility index (Phi) is 4.52. The molecule has 1 fully saturated rings. The Morgan fingerprint density at radius 1 is 1.58 bits per heavy atom. The van der Waals surface area contributed by atoms with Crippen molar-refractivity contribution in [1.29, 1.82) is 0 Å². The van der Waals surface area contributed by atoms with Crippen molar-refractivity contribution >= 4 is 28.9 Å². The van der Waals surface area contributed by atoms with Crippen molar-refractivity contribution < 1.29 is 19.1 Å². The first kappa shape index (κ1) is 14.0. The summed E-state index contributed by atoms with van der Waals surface area (Å²) in [6.07, 6.45) is -0.529. The van der Waals surface area contributed by atoms with Gasteiger partial charge in [-0.2, -0.15) is 0 Å². The Balaban J connectivity index is 2.11. The van der Waals surface area contributed by atoms with Crippen LogP contribution in [0.2, 0.25) is 0 Å². The Bertz CT molecular complexity index is 480. The summed E-state index contributed by atoms with van der Waals surface area (Å²) in [6.45, 7) is 3.56. The van der Waals surface area contributed by atoms with Gasteiger partial charge in [-0.25, -0.2) is 4.79 Å². The molecule has 0 aromatic carbocycles. The minimum absolute atomic E-state index is 0.251. The molecule has 0 bridgehead atoms. The second kappa shape index (κ2) is 6.14. The molecule has 104 valence electrons. The number of anilines is 1. The van der Waals surface area contributed by atoms with Gasteiger partial charge in [0.15, 0.2) is 0 Å². The van der Waals surface area contributed by atoms with Crippen LogP contribution in [0.1, 0.15) is 15.2 Å². The molecule has 0 radical (unpaired) electrons. The van der Waals surface area contributed by atoms with Gasteiger partial charge in [0.2, 0.25) is 0 Å². The van der Waals surface area contributed by atoms with Crippen LogP contribution in [0.15, 0.2) is 5.38 Å². The molecular formula is C12H16N2O4S. The van der Waals surface area contributed by atoms with E-state index in [1.807, 2.05) is 12.3 Å². The van der Waals surface area contributed by atoms with Crippen LogP contribution in [-0.2, 0) is 14.3 Å². The monoisotopic (exact) mass is 284 g/mol. The highest BCUT2D eigenvalue weighted by molar-refractivity contribution is 7.12. The topological polar surface area (TPSA) is 76.7 Å². The standard InChI is InChI=1S/C12H16N2O4S/c1-7-6-19-10(12(16)17-2)9(7)14-11(15)8-5-13-3-4-18-8/h6,8,13H,3-5H2,1-2H3,(H,14,15). The lowest BCUT2D eigenvalue weighted by Gasteiger charge is -2.22. The van der Waals surface area contributed by atoms with E-state index in [9.17, 15) is 9.59 Å². The molecule has 2 N–H and O–H groups in total. The fourth-order valence-corrected chi connectivity index (χ4v) is 2.70. The lowest BCUT2D eigenvalue weighted by molar-refractivity contribution is -0.128. The highest BCUT2D eigenvalue weighted by atomic mass is 32.1. The fourth-order valence-electron chi connectivity index (χ4n) is 1.78. The van der Waals surface area contributed by atoms with E-state index in [0.717, 1.165) is 12.1 Å². The van der Waals surface area contributed by atoms with Gasteiger partial charge in [0, 0.05) is 13.1 Å². The molecule has 1 saturated heterocycles. The number of esters is 1. The molecule has 0 aliphatic carbocycles. The molecule has 6 nitrogen and oxygen atoms in total. The number of aryl methyl sites for hydroxylation is 1. The van der Waals surface area contributed by atoms with Crippen LogP contribution in [-0.4, -0.2) is 44.8 Å². The summed E-state index contributed by atoms with van der Waals surface area (Å²) >= 11 is 1.25. The molecule has 2 rings (SSSR count). The lowest BCUT2D eigenvalue weighted by Crippen LogP contribution is -2.45. The molecule has 1 aliphatic rings. The maximum absolute atomic E-state index is 12.1. The van der Waals surface area contributed by atoms with Crippen LogP contribution in [0.4, 0.5) is 5.69 Å². The molecule has 19 heavy (non-hydrogen) atoms. The van der Waals surface area contributed by atoms with Crippen molar-refractivity contribution in [2.75, 3.05) is 32.1 Å². The third-order valence-electron chi connectivity index (χ3n) is 2.81. The first-order valence-corrected chi connectivity index (χ1v) is 6.81. The fraction of sp³-hybridized carbons (Fsp3) is 0.500. The summed E-state index contributed by atoms with van der Waals surface area (Å²) in [5.41, 5.74) is 1.35. The van der Waals surface area contributed by atoms with Gasteiger partial charge in [0.25, 0.3) is 5.91 Å². The van der Waals surface area contributed by atoms with E-state index in [4.69, 9.17) is 9.47 Å². The van der Waals surface area contributed by atoms with Gasteiger partial charge in [-0.3, -0.25) is 4.79 Å². The van der Waals surface area contributed by atoms with Crippen molar-refractivity contribution in [1.82, 2.24) is 5.32 Å². The molecule has 1 atom stereocenters. The number of hydrogen-bond acceptors (Lipinski definition) is 6. The number of morpholine rings is 1. The number of rotatable bonds is 3. The molecule has 1 aliphatic heterocycles. The highest BCUT2D eigenvalue weighted by Gasteiger charge is 2.25.